The van der Waals surface area contributed by atoms with E-state index in [4.69, 9.17) is 5.11 Å². The zero-order valence-electron chi connectivity index (χ0n) is 9.99. The fourth-order valence-electron chi connectivity index (χ4n) is 1.56. The first-order valence-electron chi connectivity index (χ1n) is 5.33. The van der Waals surface area contributed by atoms with Crippen LogP contribution in [0.3, 0.4) is 0 Å². The van der Waals surface area contributed by atoms with Crippen LogP contribution in [0.5, 0.6) is 5.75 Å². The molecule has 7 heteroatoms. The van der Waals surface area contributed by atoms with E-state index in [1.54, 1.807) is 11.6 Å². The maximum absolute atomic E-state index is 11.9. The Morgan fingerprint density at radius 1 is 1.37 bits per heavy atom. The molecular formula is C12H11N3O4. The zero-order chi connectivity index (χ0) is 14.0. The van der Waals surface area contributed by atoms with Gasteiger partial charge in [0.05, 0.1) is 12.5 Å². The SMILES string of the molecule is Cn1cncc1C(=O)Nc1ccc(C(=O)O)c(O)c1. The fourth-order valence-corrected chi connectivity index (χ4v) is 1.56. The number of aryl methyl sites for hydroxylation is 1. The second kappa shape index (κ2) is 4.81. The minimum atomic E-state index is -1.23. The van der Waals surface area contributed by atoms with Gasteiger partial charge >= 0.3 is 5.97 Å². The number of aromatic carboxylic acids is 1. The van der Waals surface area contributed by atoms with Crippen LogP contribution in [-0.4, -0.2) is 31.6 Å². The van der Waals surface area contributed by atoms with Gasteiger partial charge in [-0.1, -0.05) is 0 Å². The summed E-state index contributed by atoms with van der Waals surface area (Å²) in [6.45, 7) is 0. The van der Waals surface area contributed by atoms with Gasteiger partial charge in [-0.05, 0) is 12.1 Å². The molecule has 19 heavy (non-hydrogen) atoms. The molecule has 1 aromatic heterocycles. The van der Waals surface area contributed by atoms with E-state index in [0.717, 1.165) is 0 Å². The summed E-state index contributed by atoms with van der Waals surface area (Å²) in [6, 6.07) is 3.80. The average molecular weight is 261 g/mol. The van der Waals surface area contributed by atoms with Crippen LogP contribution in [-0.2, 0) is 7.05 Å². The summed E-state index contributed by atoms with van der Waals surface area (Å²) in [5, 5.41) is 20.8. The number of benzene rings is 1. The smallest absolute Gasteiger partial charge is 0.339 e. The molecular weight excluding hydrogens is 250 g/mol. The molecule has 7 nitrogen and oxygen atoms in total. The molecule has 0 radical (unpaired) electrons. The number of nitrogens with one attached hydrogen (secondary N) is 1. The van der Waals surface area contributed by atoms with E-state index in [1.807, 2.05) is 0 Å². The Bertz CT molecular complexity index is 648. The highest BCUT2D eigenvalue weighted by Crippen LogP contribution is 2.22. The molecule has 0 aliphatic heterocycles. The lowest BCUT2D eigenvalue weighted by Crippen LogP contribution is -2.15. The second-order valence-electron chi connectivity index (χ2n) is 3.88. The van der Waals surface area contributed by atoms with Crippen molar-refractivity contribution in [3.8, 4) is 5.75 Å². The van der Waals surface area contributed by atoms with Crippen molar-refractivity contribution in [3.05, 3.63) is 42.0 Å². The topological polar surface area (TPSA) is 104 Å². The number of aromatic nitrogens is 2. The molecule has 2 rings (SSSR count). The fraction of sp³-hybridized carbons (Fsp3) is 0.0833. The Balaban J connectivity index is 2.21. The quantitative estimate of drug-likeness (QED) is 0.766. The Labute approximate surface area is 108 Å². The van der Waals surface area contributed by atoms with Crippen molar-refractivity contribution in [2.45, 2.75) is 0 Å². The number of anilines is 1. The van der Waals surface area contributed by atoms with Crippen LogP contribution in [0.25, 0.3) is 0 Å². The lowest BCUT2D eigenvalue weighted by molar-refractivity contribution is 0.0693. The Kier molecular flexibility index (Phi) is 3.19. The van der Waals surface area contributed by atoms with Crippen molar-refractivity contribution in [1.82, 2.24) is 9.55 Å². The van der Waals surface area contributed by atoms with Crippen LogP contribution >= 0.6 is 0 Å². The number of hydrogen-bond acceptors (Lipinski definition) is 4. The normalized spacial score (nSPS) is 10.2. The van der Waals surface area contributed by atoms with E-state index in [2.05, 4.69) is 10.3 Å². The standard InChI is InChI=1S/C12H11N3O4/c1-15-6-13-5-9(15)11(17)14-7-2-3-8(12(18)19)10(16)4-7/h2-6,16H,1H3,(H,14,17)(H,18,19). The molecule has 0 fully saturated rings. The molecule has 0 atom stereocenters. The predicted octanol–water partition coefficient (Wildman–Crippen LogP) is 1.08. The molecule has 0 aliphatic rings. The number of phenols is 1. The van der Waals surface area contributed by atoms with Crippen molar-refractivity contribution >= 4 is 17.6 Å². The van der Waals surface area contributed by atoms with E-state index < -0.39 is 17.6 Å². The molecule has 0 saturated heterocycles. The van der Waals surface area contributed by atoms with E-state index in [-0.39, 0.29) is 5.56 Å². The number of imidazole rings is 1. The van der Waals surface area contributed by atoms with Gasteiger partial charge in [-0.2, -0.15) is 0 Å². The van der Waals surface area contributed by atoms with Crippen molar-refractivity contribution in [2.24, 2.45) is 7.05 Å². The van der Waals surface area contributed by atoms with Gasteiger partial charge in [0.25, 0.3) is 5.91 Å². The molecule has 3 N–H and O–H groups in total. The zero-order valence-corrected chi connectivity index (χ0v) is 9.99. The van der Waals surface area contributed by atoms with E-state index >= 15 is 0 Å². The van der Waals surface area contributed by atoms with Gasteiger partial charge in [-0.15, -0.1) is 0 Å². The Morgan fingerprint density at radius 2 is 2.11 bits per heavy atom. The number of rotatable bonds is 3. The van der Waals surface area contributed by atoms with E-state index in [1.165, 1.54) is 30.7 Å². The van der Waals surface area contributed by atoms with E-state index in [9.17, 15) is 14.7 Å². The maximum atomic E-state index is 11.9. The van der Waals surface area contributed by atoms with Crippen molar-refractivity contribution in [1.29, 1.82) is 0 Å². The van der Waals surface area contributed by atoms with Gasteiger partial charge in [-0.3, -0.25) is 4.79 Å². The van der Waals surface area contributed by atoms with Crippen LogP contribution in [0.15, 0.2) is 30.7 Å². The summed E-state index contributed by atoms with van der Waals surface area (Å²) in [5.74, 6) is -2.04. The second-order valence-corrected chi connectivity index (χ2v) is 3.88. The largest absolute Gasteiger partial charge is 0.507 e. The number of nitrogens with zero attached hydrogens (tertiary/aromatic N) is 2. The predicted molar refractivity (Wildman–Crippen MR) is 66.2 cm³/mol. The number of hydrogen-bond donors (Lipinski definition) is 3. The molecule has 0 bridgehead atoms. The molecule has 2 aromatic rings. The monoisotopic (exact) mass is 261 g/mol. The third-order valence-electron chi connectivity index (χ3n) is 2.54. The van der Waals surface area contributed by atoms with Crippen LogP contribution < -0.4 is 5.32 Å². The molecule has 0 unspecified atom stereocenters. The Hall–Kier alpha value is -2.83. The van der Waals surface area contributed by atoms with Crippen molar-refractivity contribution < 1.29 is 19.8 Å². The summed E-state index contributed by atoms with van der Waals surface area (Å²) in [7, 11) is 1.67. The molecule has 0 aliphatic carbocycles. The minimum Gasteiger partial charge on any atom is -0.507 e. The molecule has 0 saturated carbocycles. The van der Waals surface area contributed by atoms with Crippen LogP contribution in [0.4, 0.5) is 5.69 Å². The highest BCUT2D eigenvalue weighted by atomic mass is 16.4. The average Bonchev–Trinajstić information content (AvgIpc) is 2.75. The van der Waals surface area contributed by atoms with Crippen LogP contribution in [0.2, 0.25) is 0 Å². The molecule has 1 amide bonds. The van der Waals surface area contributed by atoms with Crippen LogP contribution in [0, 0.1) is 0 Å². The van der Waals surface area contributed by atoms with Gasteiger partial charge < -0.3 is 20.1 Å². The first kappa shape index (κ1) is 12.6. The summed E-state index contributed by atoms with van der Waals surface area (Å²) in [5.41, 5.74) is 0.425. The van der Waals surface area contributed by atoms with Crippen molar-refractivity contribution in [3.63, 3.8) is 0 Å². The number of carbonyl (C=O) groups is 2. The third-order valence-corrected chi connectivity index (χ3v) is 2.54. The molecule has 0 spiro atoms. The van der Waals surface area contributed by atoms with Gasteiger partial charge in [0.1, 0.15) is 17.0 Å². The van der Waals surface area contributed by atoms with Gasteiger partial charge in [0.2, 0.25) is 0 Å². The number of carbonyl (C=O) groups excluding carboxylic acids is 1. The van der Waals surface area contributed by atoms with Crippen molar-refractivity contribution in [2.75, 3.05) is 5.32 Å². The number of aromatic hydroxyl groups is 1. The lowest BCUT2D eigenvalue weighted by Gasteiger charge is -2.07. The maximum Gasteiger partial charge on any atom is 0.339 e. The third kappa shape index (κ3) is 2.54. The molecule has 98 valence electrons. The molecule has 1 aromatic carbocycles. The number of amides is 1. The lowest BCUT2D eigenvalue weighted by atomic mass is 10.2. The minimum absolute atomic E-state index is 0.224. The number of carboxylic acids is 1. The molecule has 1 heterocycles. The first-order chi connectivity index (χ1) is 8.99. The highest BCUT2D eigenvalue weighted by molar-refractivity contribution is 6.03. The van der Waals surface area contributed by atoms with Gasteiger partial charge in [0.15, 0.2) is 0 Å². The van der Waals surface area contributed by atoms with Gasteiger partial charge in [0, 0.05) is 18.8 Å². The van der Waals surface area contributed by atoms with Crippen LogP contribution in [0.1, 0.15) is 20.8 Å². The number of carboxylic acid groups (broad SMARTS) is 1. The van der Waals surface area contributed by atoms with Gasteiger partial charge in [-0.25, -0.2) is 9.78 Å². The Morgan fingerprint density at radius 3 is 2.63 bits per heavy atom. The first-order valence-corrected chi connectivity index (χ1v) is 5.33. The highest BCUT2D eigenvalue weighted by Gasteiger charge is 2.13. The summed E-state index contributed by atoms with van der Waals surface area (Å²) in [6.07, 6.45) is 2.89. The summed E-state index contributed by atoms with van der Waals surface area (Å²) >= 11 is 0. The summed E-state index contributed by atoms with van der Waals surface area (Å²) < 4.78 is 1.54. The summed E-state index contributed by atoms with van der Waals surface area (Å²) in [4.78, 5) is 26.4. The van der Waals surface area contributed by atoms with E-state index in [0.29, 0.717) is 11.4 Å².